The van der Waals surface area contributed by atoms with Crippen LogP contribution in [0.3, 0.4) is 0 Å². The third-order valence-electron chi connectivity index (χ3n) is 3.63. The first-order valence-corrected chi connectivity index (χ1v) is 9.27. The third-order valence-corrected chi connectivity index (χ3v) is 4.92. The van der Waals surface area contributed by atoms with Crippen molar-refractivity contribution in [3.8, 4) is 0 Å². The molecule has 3 rings (SSSR count). The molecule has 0 saturated carbocycles. The Hall–Kier alpha value is -2.77. The summed E-state index contributed by atoms with van der Waals surface area (Å²) in [5, 5.41) is 5.28. The zero-order valence-electron chi connectivity index (χ0n) is 14.0. The van der Waals surface area contributed by atoms with Crippen molar-refractivity contribution in [2.75, 3.05) is 10.6 Å². The highest BCUT2D eigenvalue weighted by atomic mass is 35.5. The lowest BCUT2D eigenvalue weighted by molar-refractivity contribution is -0.116. The number of amides is 2. The van der Waals surface area contributed by atoms with Gasteiger partial charge in [0.05, 0.1) is 15.7 Å². The molecule has 1 aromatic carbocycles. The Morgan fingerprint density at radius 1 is 1.07 bits per heavy atom. The van der Waals surface area contributed by atoms with Gasteiger partial charge in [-0.3, -0.25) is 14.6 Å². The number of anilines is 2. The summed E-state index contributed by atoms with van der Waals surface area (Å²) in [7, 11) is 0. The van der Waals surface area contributed by atoms with E-state index in [1.807, 2.05) is 6.07 Å². The highest BCUT2D eigenvalue weighted by Crippen LogP contribution is 2.25. The highest BCUT2D eigenvalue weighted by Gasteiger charge is 2.13. The molecule has 0 saturated heterocycles. The molecule has 138 valence electrons. The maximum absolute atomic E-state index is 13.6. The molecule has 3 aromatic rings. The number of halogens is 2. The fourth-order valence-electron chi connectivity index (χ4n) is 2.35. The SMILES string of the molecule is O=C(CCc1ccc(Cl)s1)Nc1cc(F)ccc1NC(=O)c1ccccn1. The molecule has 0 spiro atoms. The van der Waals surface area contributed by atoms with E-state index in [2.05, 4.69) is 15.6 Å². The highest BCUT2D eigenvalue weighted by molar-refractivity contribution is 7.16. The summed E-state index contributed by atoms with van der Waals surface area (Å²) in [5.74, 6) is -1.27. The second-order valence-corrected chi connectivity index (χ2v) is 7.41. The molecular weight excluding hydrogens is 389 g/mol. The van der Waals surface area contributed by atoms with Gasteiger partial charge in [-0.2, -0.15) is 0 Å². The summed E-state index contributed by atoms with van der Waals surface area (Å²) in [4.78, 5) is 29.4. The average Bonchev–Trinajstić information content (AvgIpc) is 3.08. The quantitative estimate of drug-likeness (QED) is 0.623. The van der Waals surface area contributed by atoms with Gasteiger partial charge in [0.1, 0.15) is 11.5 Å². The molecule has 8 heteroatoms. The Balaban J connectivity index is 1.68. The van der Waals surface area contributed by atoms with Gasteiger partial charge in [0.25, 0.3) is 5.91 Å². The number of hydrogen-bond acceptors (Lipinski definition) is 4. The first kappa shape index (κ1) is 19.0. The molecule has 0 radical (unpaired) electrons. The summed E-state index contributed by atoms with van der Waals surface area (Å²) in [5.41, 5.74) is 0.696. The van der Waals surface area contributed by atoms with Crippen molar-refractivity contribution in [1.82, 2.24) is 4.98 Å². The van der Waals surface area contributed by atoms with Crippen LogP contribution in [0.4, 0.5) is 15.8 Å². The van der Waals surface area contributed by atoms with E-state index in [1.165, 1.54) is 29.7 Å². The van der Waals surface area contributed by atoms with Crippen LogP contribution < -0.4 is 10.6 Å². The van der Waals surface area contributed by atoms with Crippen LogP contribution in [0.1, 0.15) is 21.8 Å². The monoisotopic (exact) mass is 403 g/mol. The molecule has 2 aromatic heterocycles. The number of carbonyl (C=O) groups is 2. The topological polar surface area (TPSA) is 71.1 Å². The van der Waals surface area contributed by atoms with Gasteiger partial charge in [-0.05, 0) is 48.9 Å². The number of hydrogen-bond donors (Lipinski definition) is 2. The lowest BCUT2D eigenvalue weighted by Gasteiger charge is -2.12. The van der Waals surface area contributed by atoms with E-state index < -0.39 is 11.7 Å². The van der Waals surface area contributed by atoms with E-state index >= 15 is 0 Å². The van der Waals surface area contributed by atoms with Crippen LogP contribution in [0.5, 0.6) is 0 Å². The van der Waals surface area contributed by atoms with Crippen LogP contribution in [-0.4, -0.2) is 16.8 Å². The predicted molar refractivity (Wildman–Crippen MR) is 105 cm³/mol. The summed E-state index contributed by atoms with van der Waals surface area (Å²) in [6.45, 7) is 0. The average molecular weight is 404 g/mol. The first-order valence-electron chi connectivity index (χ1n) is 8.07. The van der Waals surface area contributed by atoms with Crippen LogP contribution in [-0.2, 0) is 11.2 Å². The lowest BCUT2D eigenvalue weighted by atomic mass is 10.2. The number of aryl methyl sites for hydroxylation is 1. The summed E-state index contributed by atoms with van der Waals surface area (Å²) >= 11 is 7.28. The maximum atomic E-state index is 13.6. The minimum absolute atomic E-state index is 0.188. The number of carbonyl (C=O) groups excluding carboxylic acids is 2. The van der Waals surface area contributed by atoms with Gasteiger partial charge >= 0.3 is 0 Å². The Kier molecular flexibility index (Phi) is 6.16. The van der Waals surface area contributed by atoms with Crippen molar-refractivity contribution < 1.29 is 14.0 Å². The Morgan fingerprint density at radius 3 is 2.63 bits per heavy atom. The molecule has 0 atom stereocenters. The first-order chi connectivity index (χ1) is 13.0. The summed E-state index contributed by atoms with van der Waals surface area (Å²) in [6.07, 6.45) is 2.23. The van der Waals surface area contributed by atoms with Crippen molar-refractivity contribution in [3.63, 3.8) is 0 Å². The molecule has 27 heavy (non-hydrogen) atoms. The third kappa shape index (κ3) is 5.35. The molecule has 0 unspecified atom stereocenters. The number of rotatable bonds is 6. The lowest BCUT2D eigenvalue weighted by Crippen LogP contribution is -2.17. The largest absolute Gasteiger partial charge is 0.324 e. The molecule has 2 amide bonds. The zero-order chi connectivity index (χ0) is 19.2. The predicted octanol–water partition coefficient (Wildman–Crippen LogP) is 4.76. The molecule has 2 N–H and O–H groups in total. The van der Waals surface area contributed by atoms with Gasteiger partial charge < -0.3 is 10.6 Å². The van der Waals surface area contributed by atoms with Crippen molar-refractivity contribution in [2.45, 2.75) is 12.8 Å². The maximum Gasteiger partial charge on any atom is 0.274 e. The molecular formula is C19H15ClFN3O2S. The van der Waals surface area contributed by atoms with Crippen molar-refractivity contribution in [2.24, 2.45) is 0 Å². The van der Waals surface area contributed by atoms with E-state index in [-0.39, 0.29) is 23.7 Å². The smallest absolute Gasteiger partial charge is 0.274 e. The Morgan fingerprint density at radius 2 is 1.93 bits per heavy atom. The molecule has 0 aliphatic heterocycles. The van der Waals surface area contributed by atoms with Crippen LogP contribution in [0.15, 0.2) is 54.7 Å². The van der Waals surface area contributed by atoms with Crippen LogP contribution >= 0.6 is 22.9 Å². The number of nitrogens with one attached hydrogen (secondary N) is 2. The second-order valence-electron chi connectivity index (χ2n) is 5.61. The number of aromatic nitrogens is 1. The van der Waals surface area contributed by atoms with Crippen LogP contribution in [0.2, 0.25) is 4.34 Å². The van der Waals surface area contributed by atoms with Gasteiger partial charge in [0, 0.05) is 17.5 Å². The van der Waals surface area contributed by atoms with Crippen molar-refractivity contribution in [1.29, 1.82) is 0 Å². The second kappa shape index (κ2) is 8.75. The zero-order valence-corrected chi connectivity index (χ0v) is 15.6. The number of pyridine rings is 1. The molecule has 0 aliphatic carbocycles. The minimum atomic E-state index is -0.522. The molecule has 0 bridgehead atoms. The Bertz CT molecular complexity index is 963. The van der Waals surface area contributed by atoms with E-state index in [9.17, 15) is 14.0 Å². The number of thiophene rings is 1. The number of benzene rings is 1. The summed E-state index contributed by atoms with van der Waals surface area (Å²) < 4.78 is 14.3. The van der Waals surface area contributed by atoms with Gasteiger partial charge in [0.15, 0.2) is 0 Å². The fraction of sp³-hybridized carbons (Fsp3) is 0.105. The normalized spacial score (nSPS) is 10.4. The molecule has 0 aliphatic rings. The standard InChI is InChI=1S/C19H15ClFN3O2S/c20-17-8-5-13(27-17)6-9-18(25)23-16-11-12(21)4-7-14(16)24-19(26)15-3-1-2-10-22-15/h1-5,7-8,10-11H,6,9H2,(H,23,25)(H,24,26). The fourth-order valence-corrected chi connectivity index (χ4v) is 3.43. The van der Waals surface area contributed by atoms with Crippen molar-refractivity contribution in [3.05, 3.63) is 75.5 Å². The van der Waals surface area contributed by atoms with Gasteiger partial charge in [0.2, 0.25) is 5.91 Å². The van der Waals surface area contributed by atoms with E-state index in [4.69, 9.17) is 11.6 Å². The van der Waals surface area contributed by atoms with Gasteiger partial charge in [-0.25, -0.2) is 4.39 Å². The Labute approximate surface area is 164 Å². The minimum Gasteiger partial charge on any atom is -0.324 e. The van der Waals surface area contributed by atoms with Gasteiger partial charge in [-0.15, -0.1) is 11.3 Å². The molecule has 2 heterocycles. The molecule has 0 fully saturated rings. The van der Waals surface area contributed by atoms with Gasteiger partial charge in [-0.1, -0.05) is 17.7 Å². The number of nitrogens with zero attached hydrogens (tertiary/aromatic N) is 1. The van der Waals surface area contributed by atoms with E-state index in [1.54, 1.807) is 24.3 Å². The van der Waals surface area contributed by atoms with Crippen LogP contribution in [0, 0.1) is 5.82 Å². The van der Waals surface area contributed by atoms with Crippen LogP contribution in [0.25, 0.3) is 0 Å². The van der Waals surface area contributed by atoms with Crippen molar-refractivity contribution >= 4 is 46.1 Å². The van der Waals surface area contributed by atoms with E-state index in [0.29, 0.717) is 16.4 Å². The molecule has 5 nitrogen and oxygen atoms in total. The summed E-state index contributed by atoms with van der Waals surface area (Å²) in [6, 6.07) is 12.3. The van der Waals surface area contributed by atoms with E-state index in [0.717, 1.165) is 10.9 Å².